The molecule has 3 heterocycles. The van der Waals surface area contributed by atoms with Gasteiger partial charge in [-0.2, -0.15) is 0 Å². The van der Waals surface area contributed by atoms with Gasteiger partial charge in [-0.25, -0.2) is 14.9 Å². The number of rotatable bonds is 8. The van der Waals surface area contributed by atoms with Crippen LogP contribution in [0.3, 0.4) is 0 Å². The highest BCUT2D eigenvalue weighted by molar-refractivity contribution is 7.98. The second-order valence-electron chi connectivity index (χ2n) is 6.67. The largest absolute Gasteiger partial charge is 0.497 e. The SMILES string of the molecule is CCCCn1c(SCc2nc3cc(-c4ccc(OC)cc4)sc3c(=O)[nH]2)n[nH]c1=O. The number of benzene rings is 1. The monoisotopic (exact) mass is 443 g/mol. The summed E-state index contributed by atoms with van der Waals surface area (Å²) in [6.07, 6.45) is 1.89. The lowest BCUT2D eigenvalue weighted by molar-refractivity contribution is 0.415. The lowest BCUT2D eigenvalue weighted by Gasteiger charge is -2.04. The van der Waals surface area contributed by atoms with E-state index in [9.17, 15) is 9.59 Å². The van der Waals surface area contributed by atoms with E-state index in [-0.39, 0.29) is 11.2 Å². The Balaban J connectivity index is 1.57. The molecule has 0 saturated carbocycles. The average molecular weight is 444 g/mol. The van der Waals surface area contributed by atoms with Crippen LogP contribution < -0.4 is 16.0 Å². The molecule has 1 aromatic carbocycles. The van der Waals surface area contributed by atoms with Gasteiger partial charge in [-0.1, -0.05) is 25.1 Å². The quantitative estimate of drug-likeness (QED) is 0.403. The molecule has 8 nitrogen and oxygen atoms in total. The summed E-state index contributed by atoms with van der Waals surface area (Å²) < 4.78 is 7.41. The van der Waals surface area contributed by atoms with Crippen LogP contribution in [-0.2, 0) is 12.3 Å². The van der Waals surface area contributed by atoms with Gasteiger partial charge in [0, 0.05) is 11.4 Å². The van der Waals surface area contributed by atoms with Crippen molar-refractivity contribution in [3.63, 3.8) is 0 Å². The molecular formula is C20H21N5O3S2. The molecule has 0 atom stereocenters. The molecule has 0 aliphatic heterocycles. The topological polar surface area (TPSA) is 106 Å². The summed E-state index contributed by atoms with van der Waals surface area (Å²) in [7, 11) is 1.63. The van der Waals surface area contributed by atoms with Crippen molar-refractivity contribution in [3.8, 4) is 16.2 Å². The molecule has 4 aromatic rings. The predicted molar refractivity (Wildman–Crippen MR) is 120 cm³/mol. The van der Waals surface area contributed by atoms with Crippen LogP contribution in [0.25, 0.3) is 20.7 Å². The number of thioether (sulfide) groups is 1. The number of aromatic amines is 2. The van der Waals surface area contributed by atoms with Crippen molar-refractivity contribution in [2.45, 2.75) is 37.2 Å². The summed E-state index contributed by atoms with van der Waals surface area (Å²) in [6.45, 7) is 2.69. The van der Waals surface area contributed by atoms with Gasteiger partial charge in [0.25, 0.3) is 5.56 Å². The molecule has 0 aliphatic carbocycles. The summed E-state index contributed by atoms with van der Waals surface area (Å²) in [5, 5.41) is 7.17. The van der Waals surface area contributed by atoms with Gasteiger partial charge < -0.3 is 9.72 Å². The fourth-order valence-electron chi connectivity index (χ4n) is 3.01. The van der Waals surface area contributed by atoms with Gasteiger partial charge in [0.05, 0.1) is 18.4 Å². The van der Waals surface area contributed by atoms with Gasteiger partial charge in [-0.15, -0.1) is 16.4 Å². The van der Waals surface area contributed by atoms with Gasteiger partial charge in [0.15, 0.2) is 5.16 Å². The first-order valence-corrected chi connectivity index (χ1v) is 11.3. The first kappa shape index (κ1) is 20.4. The van der Waals surface area contributed by atoms with Crippen LogP contribution in [-0.4, -0.2) is 31.8 Å². The molecule has 0 radical (unpaired) electrons. The number of thiophene rings is 1. The maximum atomic E-state index is 12.6. The van der Waals surface area contributed by atoms with Crippen LogP contribution in [0.15, 0.2) is 45.1 Å². The third-order valence-electron chi connectivity index (χ3n) is 4.60. The number of nitrogens with one attached hydrogen (secondary N) is 2. The Morgan fingerprint density at radius 1 is 1.23 bits per heavy atom. The van der Waals surface area contributed by atoms with Gasteiger partial charge in [0.1, 0.15) is 16.3 Å². The van der Waals surface area contributed by atoms with Crippen molar-refractivity contribution in [1.29, 1.82) is 0 Å². The Hall–Kier alpha value is -2.85. The molecule has 0 amide bonds. The third-order valence-corrected chi connectivity index (χ3v) is 6.76. The molecule has 0 saturated heterocycles. The number of ether oxygens (including phenoxy) is 1. The second-order valence-corrected chi connectivity index (χ2v) is 8.67. The third kappa shape index (κ3) is 4.19. The minimum Gasteiger partial charge on any atom is -0.497 e. The number of H-pyrrole nitrogens is 2. The molecule has 30 heavy (non-hydrogen) atoms. The van der Waals surface area contributed by atoms with Crippen molar-refractivity contribution in [2.24, 2.45) is 0 Å². The Kier molecular flexibility index (Phi) is 6.05. The average Bonchev–Trinajstić information content (AvgIpc) is 3.34. The van der Waals surface area contributed by atoms with Gasteiger partial charge in [-0.3, -0.25) is 9.36 Å². The number of hydrogen-bond acceptors (Lipinski definition) is 7. The van der Waals surface area contributed by atoms with E-state index in [1.165, 1.54) is 23.1 Å². The van der Waals surface area contributed by atoms with Crippen molar-refractivity contribution < 1.29 is 4.74 Å². The zero-order chi connectivity index (χ0) is 21.1. The fraction of sp³-hybridized carbons (Fsp3) is 0.300. The van der Waals surface area contributed by atoms with Gasteiger partial charge in [-0.05, 0) is 42.3 Å². The molecule has 2 N–H and O–H groups in total. The van der Waals surface area contributed by atoms with Crippen LogP contribution in [0, 0.1) is 0 Å². The second kappa shape index (κ2) is 8.88. The summed E-state index contributed by atoms with van der Waals surface area (Å²) in [6, 6.07) is 9.63. The highest BCUT2D eigenvalue weighted by Gasteiger charge is 2.13. The van der Waals surface area contributed by atoms with Crippen LogP contribution in [0.2, 0.25) is 0 Å². The lowest BCUT2D eigenvalue weighted by Crippen LogP contribution is -2.17. The lowest BCUT2D eigenvalue weighted by atomic mass is 10.2. The van der Waals surface area contributed by atoms with E-state index < -0.39 is 0 Å². The summed E-state index contributed by atoms with van der Waals surface area (Å²) in [4.78, 5) is 32.9. The molecule has 0 unspecified atom stereocenters. The van der Waals surface area contributed by atoms with Crippen LogP contribution in [0.1, 0.15) is 25.6 Å². The van der Waals surface area contributed by atoms with Crippen molar-refractivity contribution >= 4 is 33.3 Å². The summed E-state index contributed by atoms with van der Waals surface area (Å²) in [5.74, 6) is 1.75. The minimum absolute atomic E-state index is 0.161. The van der Waals surface area contributed by atoms with Crippen LogP contribution >= 0.6 is 23.1 Å². The van der Waals surface area contributed by atoms with Crippen molar-refractivity contribution in [2.75, 3.05) is 7.11 Å². The smallest absolute Gasteiger partial charge is 0.343 e. The molecule has 0 bridgehead atoms. The number of methoxy groups -OCH3 is 1. The Labute approximate surface area is 180 Å². The Bertz CT molecular complexity index is 1270. The standard InChI is InChI=1S/C20H21N5O3S2/c1-3-4-9-25-19(27)23-24-20(25)29-11-16-21-14-10-15(30-17(14)18(26)22-16)12-5-7-13(28-2)8-6-12/h5-8,10H,3-4,9,11H2,1-2H3,(H,23,27)(H,21,22,26). The first-order chi connectivity index (χ1) is 14.6. The molecule has 3 aromatic heterocycles. The van der Waals surface area contributed by atoms with E-state index in [1.54, 1.807) is 11.7 Å². The van der Waals surface area contributed by atoms with E-state index in [2.05, 4.69) is 27.1 Å². The van der Waals surface area contributed by atoms with E-state index in [1.807, 2.05) is 30.3 Å². The number of hydrogen-bond donors (Lipinski definition) is 2. The molecular weight excluding hydrogens is 422 g/mol. The number of nitrogens with zero attached hydrogens (tertiary/aromatic N) is 3. The van der Waals surface area contributed by atoms with E-state index in [0.29, 0.717) is 33.5 Å². The predicted octanol–water partition coefficient (Wildman–Crippen LogP) is 3.64. The fourth-order valence-corrected chi connectivity index (χ4v) is 4.85. The Morgan fingerprint density at radius 3 is 2.77 bits per heavy atom. The normalized spacial score (nSPS) is 11.3. The number of aromatic nitrogens is 5. The van der Waals surface area contributed by atoms with Gasteiger partial charge in [0.2, 0.25) is 0 Å². The van der Waals surface area contributed by atoms with Crippen LogP contribution in [0.4, 0.5) is 0 Å². The van der Waals surface area contributed by atoms with E-state index in [0.717, 1.165) is 29.0 Å². The zero-order valence-electron chi connectivity index (χ0n) is 16.6. The van der Waals surface area contributed by atoms with Crippen molar-refractivity contribution in [3.05, 3.63) is 57.0 Å². The van der Waals surface area contributed by atoms with Crippen molar-refractivity contribution in [1.82, 2.24) is 24.7 Å². The summed E-state index contributed by atoms with van der Waals surface area (Å²) >= 11 is 2.79. The molecule has 0 aliphatic rings. The van der Waals surface area contributed by atoms with Gasteiger partial charge >= 0.3 is 5.69 Å². The highest BCUT2D eigenvalue weighted by atomic mass is 32.2. The number of unbranched alkanes of at least 4 members (excludes halogenated alkanes) is 1. The molecule has 10 heteroatoms. The maximum absolute atomic E-state index is 12.6. The molecule has 0 spiro atoms. The number of fused-ring (bicyclic) bond motifs is 1. The highest BCUT2D eigenvalue weighted by Crippen LogP contribution is 2.32. The minimum atomic E-state index is -0.218. The first-order valence-electron chi connectivity index (χ1n) is 9.54. The molecule has 4 rings (SSSR count). The van der Waals surface area contributed by atoms with Crippen LogP contribution in [0.5, 0.6) is 5.75 Å². The summed E-state index contributed by atoms with van der Waals surface area (Å²) in [5.41, 5.74) is 1.29. The van der Waals surface area contributed by atoms with E-state index in [4.69, 9.17) is 4.74 Å². The Morgan fingerprint density at radius 2 is 2.03 bits per heavy atom. The van der Waals surface area contributed by atoms with E-state index >= 15 is 0 Å². The molecule has 0 fully saturated rings. The zero-order valence-corrected chi connectivity index (χ0v) is 18.2. The maximum Gasteiger partial charge on any atom is 0.343 e. The molecule has 156 valence electrons.